The van der Waals surface area contributed by atoms with Gasteiger partial charge in [0.05, 0.1) is 38.3 Å². The number of methoxy groups -OCH3 is 2. The van der Waals surface area contributed by atoms with Crippen molar-refractivity contribution in [3.63, 3.8) is 0 Å². The Balaban J connectivity index is 1.58. The van der Waals surface area contributed by atoms with E-state index in [1.807, 2.05) is 22.9 Å². The van der Waals surface area contributed by atoms with Gasteiger partial charge in [0, 0.05) is 58.8 Å². The number of aryl methyl sites for hydroxylation is 1. The Morgan fingerprint density at radius 1 is 1.02 bits per heavy atom. The molecule has 0 saturated heterocycles. The first kappa shape index (κ1) is 31.2. The second-order valence-corrected chi connectivity index (χ2v) is 10.7. The SMILES string of the molecule is CCCCn1ncc(/C=C(\Cc2cc3c(cc2OC)CCO3)C(=O)O)c1-c1ccc(OC)cc1OCc1ccccc1C(=O)O. The minimum absolute atomic E-state index is 0.00250. The molecule has 0 fully saturated rings. The molecule has 10 heteroatoms. The molecule has 2 N–H and O–H groups in total. The minimum atomic E-state index is -1.07. The number of nitrogens with zero attached hydrogens (tertiary/aromatic N) is 2. The molecule has 0 atom stereocenters. The molecule has 234 valence electrons. The summed E-state index contributed by atoms with van der Waals surface area (Å²) in [6.45, 7) is 3.27. The smallest absolute Gasteiger partial charge is 0.336 e. The largest absolute Gasteiger partial charge is 0.497 e. The number of aromatic carboxylic acids is 1. The first-order chi connectivity index (χ1) is 21.8. The quantitative estimate of drug-likeness (QED) is 0.158. The molecular formula is C35H36N2O8. The van der Waals surface area contributed by atoms with Crippen molar-refractivity contribution >= 4 is 18.0 Å². The number of aliphatic carboxylic acids is 1. The van der Waals surface area contributed by atoms with Crippen LogP contribution < -0.4 is 18.9 Å². The molecule has 1 aliphatic heterocycles. The van der Waals surface area contributed by atoms with Gasteiger partial charge in [-0.3, -0.25) is 4.68 Å². The van der Waals surface area contributed by atoms with E-state index < -0.39 is 11.9 Å². The highest BCUT2D eigenvalue weighted by molar-refractivity contribution is 5.94. The summed E-state index contributed by atoms with van der Waals surface area (Å²) < 4.78 is 24.9. The minimum Gasteiger partial charge on any atom is -0.497 e. The van der Waals surface area contributed by atoms with Crippen molar-refractivity contribution in [2.24, 2.45) is 0 Å². The van der Waals surface area contributed by atoms with Crippen LogP contribution in [0, 0.1) is 0 Å². The molecule has 0 spiro atoms. The van der Waals surface area contributed by atoms with Gasteiger partial charge in [-0.25, -0.2) is 9.59 Å². The molecule has 4 aromatic rings. The van der Waals surface area contributed by atoms with Gasteiger partial charge in [0.25, 0.3) is 0 Å². The standard InChI is InChI=1S/C35H36N2O8/c1-4-5-13-37-33(29-11-10-27(42-2)19-32(29)45-21-23-8-6-7-9-28(23)35(40)41)26(20-36-37)16-25(34(38)39)15-24-18-31-22(12-14-44-31)17-30(24)43-3/h6-11,16-20H,4-5,12-15,21H2,1-3H3,(H,38,39)(H,40,41)/b25-16+. The van der Waals surface area contributed by atoms with E-state index in [2.05, 4.69) is 12.0 Å². The summed E-state index contributed by atoms with van der Waals surface area (Å²) in [6.07, 6.45) is 5.96. The number of carbonyl (C=O) groups is 2. The van der Waals surface area contributed by atoms with E-state index in [4.69, 9.17) is 18.9 Å². The van der Waals surface area contributed by atoms with Gasteiger partial charge in [-0.1, -0.05) is 31.5 Å². The fraction of sp³-hybridized carbons (Fsp3) is 0.286. The summed E-state index contributed by atoms with van der Waals surface area (Å²) in [5, 5.41) is 24.6. The summed E-state index contributed by atoms with van der Waals surface area (Å²) in [6, 6.07) is 15.8. The Hall–Kier alpha value is -5.25. The van der Waals surface area contributed by atoms with Crippen molar-refractivity contribution in [1.82, 2.24) is 9.78 Å². The van der Waals surface area contributed by atoms with Crippen LogP contribution >= 0.6 is 0 Å². The van der Waals surface area contributed by atoms with E-state index in [1.165, 1.54) is 6.07 Å². The first-order valence-corrected chi connectivity index (χ1v) is 14.8. The summed E-state index contributed by atoms with van der Waals surface area (Å²) in [5.41, 5.74) is 4.49. The number of fused-ring (bicyclic) bond motifs is 1. The normalized spacial score (nSPS) is 12.4. The summed E-state index contributed by atoms with van der Waals surface area (Å²) >= 11 is 0. The molecular weight excluding hydrogens is 576 g/mol. The van der Waals surface area contributed by atoms with Crippen molar-refractivity contribution < 1.29 is 38.7 Å². The Kier molecular flexibility index (Phi) is 9.72. The van der Waals surface area contributed by atoms with Crippen molar-refractivity contribution in [2.75, 3.05) is 20.8 Å². The fourth-order valence-corrected chi connectivity index (χ4v) is 5.39. The molecule has 3 aromatic carbocycles. The number of aromatic nitrogens is 2. The summed E-state index contributed by atoms with van der Waals surface area (Å²) in [4.78, 5) is 24.4. The molecule has 1 aliphatic rings. The molecule has 0 unspecified atom stereocenters. The van der Waals surface area contributed by atoms with Crippen LogP contribution in [-0.2, 0) is 30.8 Å². The second kappa shape index (κ2) is 14.0. The van der Waals surface area contributed by atoms with Crippen molar-refractivity contribution in [3.8, 4) is 34.3 Å². The summed E-state index contributed by atoms with van der Waals surface area (Å²) in [7, 11) is 3.12. The topological polar surface area (TPSA) is 129 Å². The van der Waals surface area contributed by atoms with Crippen LogP contribution in [-0.4, -0.2) is 52.8 Å². The zero-order valence-corrected chi connectivity index (χ0v) is 25.5. The lowest BCUT2D eigenvalue weighted by Crippen LogP contribution is -2.08. The average Bonchev–Trinajstić information content (AvgIpc) is 3.68. The molecule has 0 aliphatic carbocycles. The number of unbranched alkanes of at least 4 members (excludes halogenated alkanes) is 1. The molecule has 10 nitrogen and oxygen atoms in total. The van der Waals surface area contributed by atoms with E-state index in [1.54, 1.807) is 56.8 Å². The monoisotopic (exact) mass is 612 g/mol. The third-order valence-electron chi connectivity index (χ3n) is 7.74. The predicted octanol–water partition coefficient (Wildman–Crippen LogP) is 6.29. The number of carboxylic acid groups (broad SMARTS) is 2. The molecule has 0 amide bonds. The van der Waals surface area contributed by atoms with E-state index >= 15 is 0 Å². The van der Waals surface area contributed by atoms with Gasteiger partial charge in [0.1, 0.15) is 29.6 Å². The van der Waals surface area contributed by atoms with Crippen LogP contribution in [0.1, 0.15) is 52.4 Å². The number of carboxylic acids is 2. The third kappa shape index (κ3) is 6.95. The van der Waals surface area contributed by atoms with Gasteiger partial charge < -0.3 is 29.2 Å². The van der Waals surface area contributed by atoms with Crippen molar-refractivity contribution in [2.45, 2.75) is 45.8 Å². The number of ether oxygens (including phenoxy) is 4. The molecule has 1 aromatic heterocycles. The van der Waals surface area contributed by atoms with Crippen molar-refractivity contribution in [1.29, 1.82) is 0 Å². The first-order valence-electron chi connectivity index (χ1n) is 14.8. The van der Waals surface area contributed by atoms with Gasteiger partial charge in [0.15, 0.2) is 0 Å². The Morgan fingerprint density at radius 2 is 1.84 bits per heavy atom. The maximum absolute atomic E-state index is 12.6. The molecule has 45 heavy (non-hydrogen) atoms. The number of rotatable bonds is 14. The Morgan fingerprint density at radius 3 is 2.58 bits per heavy atom. The van der Waals surface area contributed by atoms with Gasteiger partial charge in [-0.2, -0.15) is 5.10 Å². The van der Waals surface area contributed by atoms with Gasteiger partial charge in [-0.05, 0) is 42.8 Å². The van der Waals surface area contributed by atoms with E-state index in [9.17, 15) is 19.8 Å². The van der Waals surface area contributed by atoms with Crippen LogP contribution in [0.15, 0.2) is 66.4 Å². The van der Waals surface area contributed by atoms with Crippen LogP contribution in [0.4, 0.5) is 0 Å². The third-order valence-corrected chi connectivity index (χ3v) is 7.74. The molecule has 0 saturated carbocycles. The molecule has 2 heterocycles. The second-order valence-electron chi connectivity index (χ2n) is 10.7. The van der Waals surface area contributed by atoms with Crippen molar-refractivity contribution in [3.05, 3.63) is 94.2 Å². The molecule has 0 radical (unpaired) electrons. The highest BCUT2D eigenvalue weighted by atomic mass is 16.5. The number of hydrogen-bond acceptors (Lipinski definition) is 7. The number of benzene rings is 3. The zero-order chi connectivity index (χ0) is 31.9. The number of hydrogen-bond donors (Lipinski definition) is 2. The predicted molar refractivity (Wildman–Crippen MR) is 168 cm³/mol. The highest BCUT2D eigenvalue weighted by Gasteiger charge is 2.22. The van der Waals surface area contributed by atoms with Crippen LogP contribution in [0.5, 0.6) is 23.0 Å². The van der Waals surface area contributed by atoms with Crippen LogP contribution in [0.2, 0.25) is 0 Å². The maximum atomic E-state index is 12.6. The fourth-order valence-electron chi connectivity index (χ4n) is 5.39. The lowest BCUT2D eigenvalue weighted by Gasteiger charge is -2.16. The van der Waals surface area contributed by atoms with Crippen LogP contribution in [0.3, 0.4) is 0 Å². The highest BCUT2D eigenvalue weighted by Crippen LogP contribution is 2.38. The van der Waals surface area contributed by atoms with E-state index in [0.29, 0.717) is 58.3 Å². The average molecular weight is 613 g/mol. The Labute approximate surface area is 261 Å². The summed E-state index contributed by atoms with van der Waals surface area (Å²) in [5.74, 6) is 0.233. The zero-order valence-electron chi connectivity index (χ0n) is 25.5. The van der Waals surface area contributed by atoms with E-state index in [-0.39, 0.29) is 24.2 Å². The Bertz CT molecular complexity index is 1740. The van der Waals surface area contributed by atoms with Gasteiger partial charge >= 0.3 is 11.9 Å². The molecule has 5 rings (SSSR count). The van der Waals surface area contributed by atoms with Gasteiger partial charge in [-0.15, -0.1) is 0 Å². The van der Waals surface area contributed by atoms with E-state index in [0.717, 1.165) is 30.6 Å². The van der Waals surface area contributed by atoms with Gasteiger partial charge in [0.2, 0.25) is 0 Å². The maximum Gasteiger partial charge on any atom is 0.336 e. The lowest BCUT2D eigenvalue weighted by atomic mass is 9.98. The molecule has 0 bridgehead atoms. The lowest BCUT2D eigenvalue weighted by molar-refractivity contribution is -0.132. The van der Waals surface area contributed by atoms with Crippen LogP contribution in [0.25, 0.3) is 17.3 Å².